The Bertz CT molecular complexity index is 684. The molecule has 7 heteroatoms. The van der Waals surface area contributed by atoms with Crippen molar-refractivity contribution in [1.29, 1.82) is 0 Å². The number of hydrogen-bond donors (Lipinski definition) is 1. The van der Waals surface area contributed by atoms with Gasteiger partial charge in [-0.2, -0.15) is 13.2 Å². The van der Waals surface area contributed by atoms with E-state index < -0.39 is 36.0 Å². The van der Waals surface area contributed by atoms with Gasteiger partial charge >= 0.3 is 6.18 Å². The van der Waals surface area contributed by atoms with Crippen molar-refractivity contribution in [2.45, 2.75) is 25.4 Å². The summed E-state index contributed by atoms with van der Waals surface area (Å²) in [6.07, 6.45) is -4.83. The topological polar surface area (TPSA) is 15.8 Å². The van der Waals surface area contributed by atoms with E-state index in [0.29, 0.717) is 5.69 Å². The van der Waals surface area contributed by atoms with Crippen molar-refractivity contribution in [2.24, 2.45) is 5.92 Å². The maximum atomic E-state index is 13.8. The van der Waals surface area contributed by atoms with Crippen LogP contribution in [0.25, 0.3) is 10.9 Å². The molecule has 1 aromatic carbocycles. The zero-order chi connectivity index (χ0) is 14.7. The van der Waals surface area contributed by atoms with Crippen molar-refractivity contribution in [3.63, 3.8) is 0 Å². The van der Waals surface area contributed by atoms with Gasteiger partial charge in [-0.1, -0.05) is 0 Å². The summed E-state index contributed by atoms with van der Waals surface area (Å²) in [6.45, 7) is 0. The SMILES string of the molecule is Fc1cc2[nH]c3c(c2c(F)c1F)CC(C(F)(F)F)CC3. The van der Waals surface area contributed by atoms with Crippen LogP contribution in [0.1, 0.15) is 17.7 Å². The number of halogens is 6. The van der Waals surface area contributed by atoms with E-state index in [9.17, 15) is 26.3 Å². The number of benzene rings is 1. The van der Waals surface area contributed by atoms with E-state index >= 15 is 0 Å². The summed E-state index contributed by atoms with van der Waals surface area (Å²) in [7, 11) is 0. The number of fused-ring (bicyclic) bond motifs is 3. The molecule has 0 fully saturated rings. The molecule has 1 unspecified atom stereocenters. The van der Waals surface area contributed by atoms with Gasteiger partial charge in [-0.05, 0) is 24.8 Å². The van der Waals surface area contributed by atoms with Crippen molar-refractivity contribution in [2.75, 3.05) is 0 Å². The summed E-state index contributed by atoms with van der Waals surface area (Å²) in [5.41, 5.74) is 0.517. The summed E-state index contributed by atoms with van der Waals surface area (Å²) in [5.74, 6) is -6.03. The van der Waals surface area contributed by atoms with E-state index in [1.165, 1.54) is 0 Å². The highest BCUT2D eigenvalue weighted by molar-refractivity contribution is 5.85. The molecule has 0 radical (unpaired) electrons. The minimum atomic E-state index is -4.38. The van der Waals surface area contributed by atoms with E-state index in [4.69, 9.17) is 0 Å². The average Bonchev–Trinajstić information content (AvgIpc) is 2.72. The Morgan fingerprint density at radius 2 is 1.80 bits per heavy atom. The third-order valence-corrected chi connectivity index (χ3v) is 3.77. The summed E-state index contributed by atoms with van der Waals surface area (Å²) < 4.78 is 78.4. The molecule has 1 aliphatic rings. The maximum Gasteiger partial charge on any atom is 0.392 e. The fourth-order valence-electron chi connectivity index (χ4n) is 2.76. The van der Waals surface area contributed by atoms with Crippen molar-refractivity contribution < 1.29 is 26.3 Å². The number of aryl methyl sites for hydroxylation is 1. The van der Waals surface area contributed by atoms with Crippen LogP contribution in [0.3, 0.4) is 0 Å². The molecule has 1 atom stereocenters. The van der Waals surface area contributed by atoms with E-state index in [2.05, 4.69) is 4.98 Å². The number of H-pyrrole nitrogens is 1. The number of nitrogens with one attached hydrogen (secondary N) is 1. The smallest absolute Gasteiger partial charge is 0.358 e. The molecule has 1 aromatic heterocycles. The lowest BCUT2D eigenvalue weighted by atomic mass is 9.86. The first-order valence-electron chi connectivity index (χ1n) is 6.02. The lowest BCUT2D eigenvalue weighted by Gasteiger charge is -2.24. The Morgan fingerprint density at radius 1 is 1.10 bits per heavy atom. The number of aromatic amines is 1. The fourth-order valence-corrected chi connectivity index (χ4v) is 2.76. The van der Waals surface area contributed by atoms with Crippen LogP contribution in [0, 0.1) is 23.4 Å². The predicted molar refractivity (Wildman–Crippen MR) is 59.7 cm³/mol. The molecule has 1 aliphatic carbocycles. The summed E-state index contributed by atoms with van der Waals surface area (Å²) in [4.78, 5) is 2.68. The van der Waals surface area contributed by atoms with Crippen molar-refractivity contribution in [3.05, 3.63) is 34.8 Å². The van der Waals surface area contributed by atoms with Crippen molar-refractivity contribution in [1.82, 2.24) is 4.98 Å². The van der Waals surface area contributed by atoms with Crippen LogP contribution in [0.2, 0.25) is 0 Å². The second-order valence-corrected chi connectivity index (χ2v) is 4.97. The minimum absolute atomic E-state index is 0.00535. The number of aromatic nitrogens is 1. The van der Waals surface area contributed by atoms with Gasteiger partial charge in [0.05, 0.1) is 11.4 Å². The third kappa shape index (κ3) is 1.87. The molecule has 0 aliphatic heterocycles. The van der Waals surface area contributed by atoms with Gasteiger partial charge in [0, 0.05) is 17.1 Å². The lowest BCUT2D eigenvalue weighted by Crippen LogP contribution is -2.28. The van der Waals surface area contributed by atoms with Crippen LogP contribution in [0.4, 0.5) is 26.3 Å². The predicted octanol–water partition coefficient (Wildman–Crippen LogP) is 4.25. The number of rotatable bonds is 0. The first-order chi connectivity index (χ1) is 9.29. The summed E-state index contributed by atoms with van der Waals surface area (Å²) >= 11 is 0. The largest absolute Gasteiger partial charge is 0.392 e. The van der Waals surface area contributed by atoms with Crippen molar-refractivity contribution >= 4 is 10.9 Å². The van der Waals surface area contributed by atoms with E-state index in [1.54, 1.807) is 0 Å². The van der Waals surface area contributed by atoms with Gasteiger partial charge < -0.3 is 4.98 Å². The second-order valence-electron chi connectivity index (χ2n) is 4.97. The minimum Gasteiger partial charge on any atom is -0.358 e. The van der Waals surface area contributed by atoms with Gasteiger partial charge in [0.2, 0.25) is 0 Å². The fraction of sp³-hybridized carbons (Fsp3) is 0.385. The zero-order valence-corrected chi connectivity index (χ0v) is 10.0. The Hall–Kier alpha value is -1.66. The normalized spacial score (nSPS) is 19.4. The molecular formula is C13H9F6N. The lowest BCUT2D eigenvalue weighted by molar-refractivity contribution is -0.177. The highest BCUT2D eigenvalue weighted by Gasteiger charge is 2.42. The molecule has 1 nitrogen and oxygen atoms in total. The van der Waals surface area contributed by atoms with Gasteiger partial charge in [0.1, 0.15) is 0 Å². The van der Waals surface area contributed by atoms with Crippen LogP contribution in [-0.4, -0.2) is 11.2 Å². The van der Waals surface area contributed by atoms with Crippen LogP contribution >= 0.6 is 0 Å². The molecule has 0 saturated carbocycles. The third-order valence-electron chi connectivity index (χ3n) is 3.77. The monoisotopic (exact) mass is 293 g/mol. The van der Waals surface area contributed by atoms with Gasteiger partial charge in [0.15, 0.2) is 17.5 Å². The maximum absolute atomic E-state index is 13.8. The second kappa shape index (κ2) is 4.17. The number of hydrogen-bond acceptors (Lipinski definition) is 0. The molecule has 1 heterocycles. The first kappa shape index (κ1) is 13.3. The standard InChI is InChI=1S/C13H9F6N/c14-7-4-9-10(12(16)11(7)15)6-3-5(13(17,18)19)1-2-8(6)20-9/h4-5,20H,1-3H2. The summed E-state index contributed by atoms with van der Waals surface area (Å²) in [6, 6.07) is 0.772. The first-order valence-corrected chi connectivity index (χ1v) is 6.02. The van der Waals surface area contributed by atoms with E-state index in [0.717, 1.165) is 6.07 Å². The molecule has 2 aromatic rings. The van der Waals surface area contributed by atoms with Crippen molar-refractivity contribution in [3.8, 4) is 0 Å². The molecule has 0 saturated heterocycles. The van der Waals surface area contributed by atoms with Gasteiger partial charge in [-0.15, -0.1) is 0 Å². The highest BCUT2D eigenvalue weighted by Crippen LogP contribution is 2.40. The Balaban J connectivity index is 2.18. The number of alkyl halides is 3. The molecule has 3 rings (SSSR count). The molecule has 0 amide bonds. The molecule has 20 heavy (non-hydrogen) atoms. The average molecular weight is 293 g/mol. The molecular weight excluding hydrogens is 284 g/mol. The quantitative estimate of drug-likeness (QED) is 0.552. The van der Waals surface area contributed by atoms with E-state index in [-0.39, 0.29) is 29.3 Å². The van der Waals surface area contributed by atoms with Crippen LogP contribution < -0.4 is 0 Å². The van der Waals surface area contributed by atoms with Crippen LogP contribution in [0.15, 0.2) is 6.07 Å². The molecule has 1 N–H and O–H groups in total. The van der Waals surface area contributed by atoms with E-state index in [1.807, 2.05) is 0 Å². The van der Waals surface area contributed by atoms with Gasteiger partial charge in [-0.3, -0.25) is 0 Å². The Labute approximate surface area is 109 Å². The Morgan fingerprint density at radius 3 is 2.45 bits per heavy atom. The zero-order valence-electron chi connectivity index (χ0n) is 10.0. The molecule has 0 bridgehead atoms. The molecule has 108 valence electrons. The van der Waals surface area contributed by atoms with Crippen LogP contribution in [-0.2, 0) is 12.8 Å². The summed E-state index contributed by atoms with van der Waals surface area (Å²) in [5, 5.41) is -0.271. The van der Waals surface area contributed by atoms with Gasteiger partial charge in [-0.25, -0.2) is 13.2 Å². The highest BCUT2D eigenvalue weighted by atomic mass is 19.4. The van der Waals surface area contributed by atoms with Crippen LogP contribution in [0.5, 0.6) is 0 Å². The van der Waals surface area contributed by atoms with Gasteiger partial charge in [0.25, 0.3) is 0 Å². The Kier molecular flexibility index (Phi) is 2.78. The molecule has 0 spiro atoms.